The summed E-state index contributed by atoms with van der Waals surface area (Å²) in [6, 6.07) is 17.0. The van der Waals surface area contributed by atoms with Gasteiger partial charge >= 0.3 is 11.9 Å². The van der Waals surface area contributed by atoms with Crippen molar-refractivity contribution in [3.63, 3.8) is 0 Å². The molecule has 0 N–H and O–H groups in total. The van der Waals surface area contributed by atoms with Gasteiger partial charge in [-0.25, -0.2) is 9.79 Å². The number of carbonyl (C=O) groups excluding carboxylic acids is 2. The van der Waals surface area contributed by atoms with E-state index in [0.717, 1.165) is 16.3 Å². The molecule has 0 saturated carbocycles. The lowest BCUT2D eigenvalue weighted by atomic mass is 10.0. The molecule has 4 rings (SSSR count). The zero-order valence-electron chi connectivity index (χ0n) is 16.8. The molecule has 0 saturated heterocycles. The zero-order valence-corrected chi connectivity index (χ0v) is 18.4. The van der Waals surface area contributed by atoms with Crippen LogP contribution in [0.25, 0.3) is 16.8 Å². The average molecular weight is 480 g/mol. The van der Waals surface area contributed by atoms with Crippen LogP contribution in [0.2, 0.25) is 0 Å². The van der Waals surface area contributed by atoms with Gasteiger partial charge in [0.25, 0.3) is 0 Å². The van der Waals surface area contributed by atoms with Crippen LogP contribution in [0.4, 0.5) is 0 Å². The van der Waals surface area contributed by atoms with Crippen molar-refractivity contribution < 1.29 is 23.8 Å². The first kappa shape index (κ1) is 20.8. The standard InChI is InChI=1S/C24H18BrNO5/c1-3-29-21-13-15(11-19(25)22(21)30-14(2)27)12-20-24(28)31-23(26-20)18-10-6-8-16-7-4-5-9-17(16)18/h4-13H,3H2,1-2H3. The fourth-order valence-corrected chi connectivity index (χ4v) is 3.81. The number of fused-ring (bicyclic) bond motifs is 1. The van der Waals surface area contributed by atoms with Gasteiger partial charge in [-0.2, -0.15) is 0 Å². The number of cyclic esters (lactones) is 1. The lowest BCUT2D eigenvalue weighted by Crippen LogP contribution is -2.06. The fourth-order valence-electron chi connectivity index (χ4n) is 3.27. The van der Waals surface area contributed by atoms with Crippen LogP contribution in [0.3, 0.4) is 0 Å². The highest BCUT2D eigenvalue weighted by molar-refractivity contribution is 9.10. The van der Waals surface area contributed by atoms with E-state index < -0.39 is 11.9 Å². The van der Waals surface area contributed by atoms with Crippen LogP contribution in [0, 0.1) is 0 Å². The van der Waals surface area contributed by atoms with Gasteiger partial charge in [-0.15, -0.1) is 0 Å². The van der Waals surface area contributed by atoms with E-state index in [4.69, 9.17) is 14.2 Å². The number of nitrogens with zero attached hydrogens (tertiary/aromatic N) is 1. The summed E-state index contributed by atoms with van der Waals surface area (Å²) in [6.45, 7) is 3.52. The first-order valence-electron chi connectivity index (χ1n) is 9.61. The maximum absolute atomic E-state index is 12.5. The number of rotatable bonds is 5. The monoisotopic (exact) mass is 479 g/mol. The first-order valence-corrected chi connectivity index (χ1v) is 10.4. The molecule has 6 nitrogen and oxygen atoms in total. The first-order chi connectivity index (χ1) is 15.0. The van der Waals surface area contributed by atoms with Crippen molar-refractivity contribution in [1.29, 1.82) is 0 Å². The largest absolute Gasteiger partial charge is 0.490 e. The van der Waals surface area contributed by atoms with Crippen LogP contribution < -0.4 is 9.47 Å². The Morgan fingerprint density at radius 1 is 1.16 bits per heavy atom. The lowest BCUT2D eigenvalue weighted by Gasteiger charge is -2.12. The number of ether oxygens (including phenoxy) is 3. The van der Waals surface area contributed by atoms with Crippen LogP contribution in [0.1, 0.15) is 25.0 Å². The molecule has 0 atom stereocenters. The smallest absolute Gasteiger partial charge is 0.363 e. The second-order valence-corrected chi connectivity index (χ2v) is 7.57. The molecule has 0 aliphatic carbocycles. The van der Waals surface area contributed by atoms with Crippen molar-refractivity contribution in [1.82, 2.24) is 0 Å². The molecular weight excluding hydrogens is 462 g/mol. The summed E-state index contributed by atoms with van der Waals surface area (Å²) in [7, 11) is 0. The number of benzene rings is 3. The molecule has 1 aliphatic heterocycles. The van der Waals surface area contributed by atoms with E-state index in [1.165, 1.54) is 6.92 Å². The quantitative estimate of drug-likeness (QED) is 0.283. The topological polar surface area (TPSA) is 74.2 Å². The summed E-state index contributed by atoms with van der Waals surface area (Å²) in [5.74, 6) is -0.0831. The predicted octanol–water partition coefficient (Wildman–Crippen LogP) is 5.27. The maximum atomic E-state index is 12.5. The Bertz CT molecular complexity index is 1260. The summed E-state index contributed by atoms with van der Waals surface area (Å²) >= 11 is 3.40. The fraction of sp³-hybridized carbons (Fsp3) is 0.125. The molecule has 7 heteroatoms. The molecule has 0 bridgehead atoms. The summed E-state index contributed by atoms with van der Waals surface area (Å²) in [4.78, 5) is 28.3. The van der Waals surface area contributed by atoms with Crippen molar-refractivity contribution in [2.24, 2.45) is 4.99 Å². The third kappa shape index (κ3) is 4.36. The van der Waals surface area contributed by atoms with Gasteiger partial charge in [-0.3, -0.25) is 4.79 Å². The minimum atomic E-state index is -0.541. The van der Waals surface area contributed by atoms with Crippen molar-refractivity contribution in [2.45, 2.75) is 13.8 Å². The Morgan fingerprint density at radius 2 is 1.94 bits per heavy atom. The minimum absolute atomic E-state index is 0.164. The van der Waals surface area contributed by atoms with Crippen molar-refractivity contribution in [3.8, 4) is 11.5 Å². The molecule has 31 heavy (non-hydrogen) atoms. The number of hydrogen-bond donors (Lipinski definition) is 0. The van der Waals surface area contributed by atoms with Gasteiger partial charge in [-0.1, -0.05) is 36.4 Å². The highest BCUT2D eigenvalue weighted by Crippen LogP contribution is 2.38. The third-order valence-corrected chi connectivity index (χ3v) is 5.11. The van der Waals surface area contributed by atoms with E-state index in [-0.39, 0.29) is 17.3 Å². The van der Waals surface area contributed by atoms with E-state index in [1.54, 1.807) is 18.2 Å². The van der Waals surface area contributed by atoms with E-state index in [9.17, 15) is 9.59 Å². The average Bonchev–Trinajstić information content (AvgIpc) is 3.10. The molecule has 0 spiro atoms. The van der Waals surface area contributed by atoms with E-state index in [2.05, 4.69) is 20.9 Å². The van der Waals surface area contributed by atoms with Gasteiger partial charge < -0.3 is 14.2 Å². The Balaban J connectivity index is 1.74. The molecule has 1 aliphatic rings. The highest BCUT2D eigenvalue weighted by Gasteiger charge is 2.25. The summed E-state index contributed by atoms with van der Waals surface area (Å²) < 4.78 is 16.8. The van der Waals surface area contributed by atoms with Crippen LogP contribution in [0.15, 0.2) is 69.8 Å². The molecule has 1 heterocycles. The van der Waals surface area contributed by atoms with E-state index >= 15 is 0 Å². The Hall–Kier alpha value is -3.45. The number of esters is 2. The van der Waals surface area contributed by atoms with Crippen molar-refractivity contribution in [3.05, 3.63) is 75.9 Å². The highest BCUT2D eigenvalue weighted by atomic mass is 79.9. The Morgan fingerprint density at radius 3 is 2.71 bits per heavy atom. The second-order valence-electron chi connectivity index (χ2n) is 6.72. The molecule has 0 radical (unpaired) electrons. The van der Waals surface area contributed by atoms with Crippen molar-refractivity contribution >= 4 is 50.6 Å². The maximum Gasteiger partial charge on any atom is 0.363 e. The predicted molar refractivity (Wildman–Crippen MR) is 121 cm³/mol. The second kappa shape index (κ2) is 8.73. The van der Waals surface area contributed by atoms with Gasteiger partial charge in [0.15, 0.2) is 17.2 Å². The van der Waals surface area contributed by atoms with Crippen LogP contribution in [0.5, 0.6) is 11.5 Å². The summed E-state index contributed by atoms with van der Waals surface area (Å²) in [5, 5.41) is 1.98. The minimum Gasteiger partial charge on any atom is -0.490 e. The number of aliphatic imine (C=N–C) groups is 1. The molecular formula is C24H18BrNO5. The summed E-state index contributed by atoms with van der Waals surface area (Å²) in [5.41, 5.74) is 1.55. The van der Waals surface area contributed by atoms with Gasteiger partial charge in [-0.05, 0) is 63.5 Å². The van der Waals surface area contributed by atoms with E-state index in [1.807, 2.05) is 49.4 Å². The molecule has 3 aromatic rings. The van der Waals surface area contributed by atoms with Crippen LogP contribution >= 0.6 is 15.9 Å². The van der Waals surface area contributed by atoms with Gasteiger partial charge in [0.1, 0.15) is 0 Å². The Labute approximate surface area is 187 Å². The molecule has 0 unspecified atom stereocenters. The molecule has 0 aromatic heterocycles. The van der Waals surface area contributed by atoms with Crippen LogP contribution in [-0.2, 0) is 14.3 Å². The summed E-state index contributed by atoms with van der Waals surface area (Å²) in [6.07, 6.45) is 1.60. The van der Waals surface area contributed by atoms with Crippen molar-refractivity contribution in [2.75, 3.05) is 6.61 Å². The van der Waals surface area contributed by atoms with Crippen LogP contribution in [-0.4, -0.2) is 24.4 Å². The zero-order chi connectivity index (χ0) is 22.0. The molecule has 0 amide bonds. The van der Waals surface area contributed by atoms with Gasteiger partial charge in [0, 0.05) is 12.5 Å². The normalized spacial score (nSPS) is 14.5. The lowest BCUT2D eigenvalue weighted by molar-refractivity contribution is -0.132. The Kier molecular flexibility index (Phi) is 5.86. The molecule has 3 aromatic carbocycles. The number of hydrogen-bond acceptors (Lipinski definition) is 6. The number of carbonyl (C=O) groups is 2. The molecule has 0 fully saturated rings. The number of halogens is 1. The third-order valence-electron chi connectivity index (χ3n) is 4.52. The van der Waals surface area contributed by atoms with E-state index in [0.29, 0.717) is 22.4 Å². The SMILES string of the molecule is CCOc1cc(C=C2N=C(c3cccc4ccccc34)OC2=O)cc(Br)c1OC(C)=O. The van der Waals surface area contributed by atoms with Gasteiger partial charge in [0.05, 0.1) is 11.1 Å². The molecule has 156 valence electrons. The van der Waals surface area contributed by atoms with Gasteiger partial charge in [0.2, 0.25) is 5.90 Å².